The lowest BCUT2D eigenvalue weighted by Gasteiger charge is -2.32. The molecule has 0 radical (unpaired) electrons. The van der Waals surface area contributed by atoms with Gasteiger partial charge in [0.1, 0.15) is 0 Å². The van der Waals surface area contributed by atoms with Crippen LogP contribution in [0.3, 0.4) is 0 Å². The quantitative estimate of drug-likeness (QED) is 0.313. The van der Waals surface area contributed by atoms with E-state index in [2.05, 4.69) is 40.9 Å². The highest BCUT2D eigenvalue weighted by atomic mass is 16.2. The summed E-state index contributed by atoms with van der Waals surface area (Å²) in [4.78, 5) is 57.2. The van der Waals surface area contributed by atoms with Gasteiger partial charge in [0.05, 0.1) is 0 Å². The molecule has 4 amide bonds. The zero-order valence-corrected chi connectivity index (χ0v) is 40.2. The fourth-order valence-electron chi connectivity index (χ4n) is 10.3. The van der Waals surface area contributed by atoms with Crippen LogP contribution in [0.2, 0.25) is 0 Å². The number of rotatable bonds is 4. The second-order valence-electron chi connectivity index (χ2n) is 24.3. The molecule has 60 heavy (non-hydrogen) atoms. The fourth-order valence-corrected chi connectivity index (χ4v) is 10.3. The van der Waals surface area contributed by atoms with E-state index < -0.39 is 0 Å². The van der Waals surface area contributed by atoms with E-state index in [1.807, 2.05) is 83.1 Å². The smallest absolute Gasteiger partial charge is 0.225 e. The van der Waals surface area contributed by atoms with Crippen LogP contribution >= 0.6 is 0 Å². The van der Waals surface area contributed by atoms with Crippen molar-refractivity contribution >= 4 is 23.6 Å². The molecule has 8 heterocycles. The molecule has 344 valence electrons. The van der Waals surface area contributed by atoms with Gasteiger partial charge in [-0.1, -0.05) is 83.1 Å². The molecule has 8 aliphatic rings. The number of nitrogens with one attached hydrogen (secondary N) is 4. The van der Waals surface area contributed by atoms with Gasteiger partial charge in [-0.05, 0) is 101 Å². The first kappa shape index (κ1) is 48.7. The van der Waals surface area contributed by atoms with E-state index in [1.54, 1.807) is 0 Å². The third kappa shape index (κ3) is 14.9. The van der Waals surface area contributed by atoms with Crippen LogP contribution in [0.15, 0.2) is 0 Å². The fraction of sp³-hybridized carbons (Fsp3) is 0.917. The Labute approximate surface area is 365 Å². The monoisotopic (exact) mass is 841 g/mol. The molecule has 12 heteroatoms. The number of hydrogen-bond donors (Lipinski definition) is 4. The van der Waals surface area contributed by atoms with Crippen LogP contribution in [-0.2, 0) is 19.2 Å². The Hall–Kier alpha value is -2.28. The molecule has 8 bridgehead atoms. The molecule has 0 saturated carbocycles. The molecule has 8 unspecified atom stereocenters. The van der Waals surface area contributed by atoms with E-state index in [0.29, 0.717) is 24.2 Å². The molecule has 8 fully saturated rings. The lowest BCUT2D eigenvalue weighted by atomic mass is 9.92. The number of carbonyl (C=O) groups excluding carboxylic acids is 4. The van der Waals surface area contributed by atoms with Crippen LogP contribution in [0, 0.1) is 45.3 Å². The van der Waals surface area contributed by atoms with Crippen LogP contribution in [-0.4, -0.2) is 146 Å². The highest BCUT2D eigenvalue weighted by Gasteiger charge is 2.38. The normalized spacial score (nSPS) is 35.3. The highest BCUT2D eigenvalue weighted by molar-refractivity contribution is 5.83. The second kappa shape index (κ2) is 20.0. The number of nitrogens with zero attached hydrogens (tertiary/aromatic N) is 4. The third-order valence-electron chi connectivity index (χ3n) is 13.9. The van der Waals surface area contributed by atoms with Crippen molar-refractivity contribution in [2.45, 2.75) is 159 Å². The zero-order valence-electron chi connectivity index (χ0n) is 40.2. The molecule has 8 aliphatic heterocycles. The van der Waals surface area contributed by atoms with Gasteiger partial charge in [-0.25, -0.2) is 0 Å². The first-order chi connectivity index (χ1) is 27.8. The number of piperidine rings is 4. The highest BCUT2D eigenvalue weighted by Crippen LogP contribution is 2.30. The Morgan fingerprint density at radius 3 is 0.667 bits per heavy atom. The van der Waals surface area contributed by atoms with E-state index in [-0.39, 0.29) is 45.3 Å². The Kier molecular flexibility index (Phi) is 16.3. The average Bonchev–Trinajstić information content (AvgIpc) is 3.87. The summed E-state index contributed by atoms with van der Waals surface area (Å²) in [5.41, 5.74) is -1.03. The van der Waals surface area contributed by atoms with E-state index in [9.17, 15) is 19.2 Å². The van der Waals surface area contributed by atoms with E-state index >= 15 is 0 Å². The summed E-state index contributed by atoms with van der Waals surface area (Å²) in [5, 5.41) is 12.7. The minimum Gasteiger partial charge on any atom is -0.352 e. The summed E-state index contributed by atoms with van der Waals surface area (Å²) >= 11 is 0. The molecule has 12 nitrogen and oxygen atoms in total. The molecule has 12 atom stereocenters. The summed E-state index contributed by atoms with van der Waals surface area (Å²) in [6.07, 6.45) is 10.0. The SMILES string of the molecule is CC(C)(C)C(=O)N[C@@H]1CC2CCN(C2)C1.CC(C)(C)C(=O)N[C@@H]1CC2CCN(C2)C1.CC(C)(C)C(=O)N[C@H]1CC2CCN(C2)C1.CC(C)(C)C(=O)N[C@H]1CC2CCN(C2)C1. The van der Waals surface area contributed by atoms with Crippen molar-refractivity contribution < 1.29 is 19.2 Å². The van der Waals surface area contributed by atoms with Crippen molar-refractivity contribution in [2.75, 3.05) is 78.5 Å². The van der Waals surface area contributed by atoms with Gasteiger partial charge in [-0.2, -0.15) is 0 Å². The Morgan fingerprint density at radius 2 is 0.517 bits per heavy atom. The van der Waals surface area contributed by atoms with Crippen molar-refractivity contribution in [3.05, 3.63) is 0 Å². The summed E-state index contributed by atoms with van der Waals surface area (Å²) < 4.78 is 0. The van der Waals surface area contributed by atoms with E-state index in [0.717, 1.165) is 49.9 Å². The van der Waals surface area contributed by atoms with E-state index in [1.165, 1.54) is 104 Å². The molecule has 0 spiro atoms. The number of carbonyl (C=O) groups is 4. The van der Waals surface area contributed by atoms with Gasteiger partial charge in [-0.15, -0.1) is 0 Å². The van der Waals surface area contributed by atoms with Gasteiger partial charge in [0.2, 0.25) is 23.6 Å². The maximum absolute atomic E-state index is 11.8. The van der Waals surface area contributed by atoms with E-state index in [4.69, 9.17) is 0 Å². The van der Waals surface area contributed by atoms with Crippen molar-refractivity contribution in [1.29, 1.82) is 0 Å². The van der Waals surface area contributed by atoms with Crippen LogP contribution in [0.25, 0.3) is 0 Å². The maximum atomic E-state index is 11.8. The summed E-state index contributed by atoms with van der Waals surface area (Å²) in [6.45, 7) is 37.8. The predicted molar refractivity (Wildman–Crippen MR) is 242 cm³/mol. The van der Waals surface area contributed by atoms with Gasteiger partial charge in [0.15, 0.2) is 0 Å². The molecule has 0 aromatic rings. The Bertz CT molecular complexity index is 1200. The minimum absolute atomic E-state index is 0.190. The van der Waals surface area contributed by atoms with Gasteiger partial charge in [-0.3, -0.25) is 19.2 Å². The third-order valence-corrected chi connectivity index (χ3v) is 13.9. The van der Waals surface area contributed by atoms with Crippen LogP contribution < -0.4 is 21.3 Å². The molecular formula is C48H88N8O4. The number of hydrogen-bond acceptors (Lipinski definition) is 8. The summed E-state index contributed by atoms with van der Waals surface area (Å²) in [7, 11) is 0. The van der Waals surface area contributed by atoms with Crippen molar-refractivity contribution in [3.8, 4) is 0 Å². The molecule has 0 aromatic carbocycles. The van der Waals surface area contributed by atoms with Gasteiger partial charge in [0, 0.05) is 98.2 Å². The first-order valence-corrected chi connectivity index (χ1v) is 23.9. The molecular weight excluding hydrogens is 753 g/mol. The lowest BCUT2D eigenvalue weighted by Crippen LogP contribution is -2.49. The van der Waals surface area contributed by atoms with Gasteiger partial charge >= 0.3 is 0 Å². The zero-order chi connectivity index (χ0) is 44.2. The van der Waals surface area contributed by atoms with Crippen molar-refractivity contribution in [1.82, 2.24) is 40.9 Å². The molecule has 0 aliphatic carbocycles. The summed E-state index contributed by atoms with van der Waals surface area (Å²) in [6, 6.07) is 1.55. The Balaban J connectivity index is 0.000000152. The number of fused-ring (bicyclic) bond motifs is 8. The van der Waals surface area contributed by atoms with Gasteiger partial charge < -0.3 is 40.9 Å². The number of amides is 4. The topological polar surface area (TPSA) is 129 Å². The molecule has 8 rings (SSSR count). The van der Waals surface area contributed by atoms with Crippen molar-refractivity contribution in [3.63, 3.8) is 0 Å². The molecule has 8 saturated heterocycles. The molecule has 4 N–H and O–H groups in total. The van der Waals surface area contributed by atoms with Crippen molar-refractivity contribution in [2.24, 2.45) is 45.3 Å². The first-order valence-electron chi connectivity index (χ1n) is 23.9. The van der Waals surface area contributed by atoms with Crippen LogP contribution in [0.1, 0.15) is 134 Å². The van der Waals surface area contributed by atoms with Crippen LogP contribution in [0.5, 0.6) is 0 Å². The largest absolute Gasteiger partial charge is 0.352 e. The second-order valence-corrected chi connectivity index (χ2v) is 24.3. The molecule has 0 aromatic heterocycles. The predicted octanol–water partition coefficient (Wildman–Crippen LogP) is 4.97. The lowest BCUT2D eigenvalue weighted by molar-refractivity contribution is -0.130. The Morgan fingerprint density at radius 1 is 0.333 bits per heavy atom. The minimum atomic E-state index is -0.258. The summed E-state index contributed by atoms with van der Waals surface area (Å²) in [5.74, 6) is 4.05. The standard InChI is InChI=1S/4C12H22N2O/c4*1-12(2,3)11(15)13-10-6-9-4-5-14(7-9)8-10/h4*9-10H,4-8H2,1-3H3,(H,13,15)/t4*9?,10-/m1100/s1. The van der Waals surface area contributed by atoms with Gasteiger partial charge in [0.25, 0.3) is 0 Å². The average molecular weight is 841 g/mol. The van der Waals surface area contributed by atoms with Crippen LogP contribution in [0.4, 0.5) is 0 Å². The maximum Gasteiger partial charge on any atom is 0.225 e.